The molecule has 2 amide bonds. The number of nitrogens with zero attached hydrogens (tertiary/aromatic N) is 3. The van der Waals surface area contributed by atoms with Crippen molar-refractivity contribution in [3.05, 3.63) is 101 Å². The topological polar surface area (TPSA) is 138 Å². The van der Waals surface area contributed by atoms with Crippen LogP contribution in [0.1, 0.15) is 61.9 Å². The summed E-state index contributed by atoms with van der Waals surface area (Å²) in [6.45, 7) is 10.5. The van der Waals surface area contributed by atoms with E-state index in [9.17, 15) is 9.59 Å². The Morgan fingerprint density at radius 1 is 1.00 bits per heavy atom. The van der Waals surface area contributed by atoms with E-state index in [1.165, 1.54) is 0 Å². The quantitative estimate of drug-likeness (QED) is 0.102. The van der Waals surface area contributed by atoms with Crippen molar-refractivity contribution in [2.24, 2.45) is 16.7 Å². The Morgan fingerprint density at radius 3 is 2.30 bits per heavy atom. The van der Waals surface area contributed by atoms with Crippen LogP contribution >= 0.6 is 0 Å². The molecule has 0 saturated heterocycles. The molecule has 10 nitrogen and oxygen atoms in total. The van der Waals surface area contributed by atoms with Crippen LogP contribution in [0, 0.1) is 0 Å². The van der Waals surface area contributed by atoms with Gasteiger partial charge in [-0.05, 0) is 68.5 Å². The molecule has 1 heterocycles. The lowest BCUT2D eigenvalue weighted by atomic mass is 9.88. The summed E-state index contributed by atoms with van der Waals surface area (Å²) in [5.41, 5.74) is 12.0. The first-order valence-electron chi connectivity index (χ1n) is 15.2. The van der Waals surface area contributed by atoms with Crippen LogP contribution in [0.25, 0.3) is 0 Å². The molecule has 234 valence electrons. The van der Waals surface area contributed by atoms with Gasteiger partial charge in [0.15, 0.2) is 0 Å². The highest BCUT2D eigenvalue weighted by molar-refractivity contribution is 6.08. The molecular formula is C34H45N7O3. The zero-order valence-electron chi connectivity index (χ0n) is 26.1. The smallest absolute Gasteiger partial charge is 0.247 e. The Balaban J connectivity index is 1.64. The predicted octanol–water partition coefficient (Wildman–Crippen LogP) is 3.45. The number of hydrazine groups is 1. The fourth-order valence-electron chi connectivity index (χ4n) is 5.86. The molecule has 0 aromatic heterocycles. The van der Waals surface area contributed by atoms with Crippen LogP contribution in [0.5, 0.6) is 5.75 Å². The number of hydrogen-bond acceptors (Lipinski definition) is 7. The second-order valence-electron chi connectivity index (χ2n) is 11.5. The molecule has 0 saturated carbocycles. The van der Waals surface area contributed by atoms with Gasteiger partial charge in [-0.2, -0.15) is 5.10 Å². The van der Waals surface area contributed by atoms with Crippen molar-refractivity contribution in [1.29, 1.82) is 0 Å². The van der Waals surface area contributed by atoms with Gasteiger partial charge in [-0.3, -0.25) is 14.5 Å². The summed E-state index contributed by atoms with van der Waals surface area (Å²) in [4.78, 5) is 32.2. The first-order chi connectivity index (χ1) is 21.2. The number of hydrazone groups is 1. The zero-order valence-corrected chi connectivity index (χ0v) is 26.1. The molecule has 6 N–H and O–H groups in total. The van der Waals surface area contributed by atoms with Gasteiger partial charge in [0, 0.05) is 31.7 Å². The maximum Gasteiger partial charge on any atom is 0.247 e. The predicted molar refractivity (Wildman–Crippen MR) is 173 cm³/mol. The third-order valence-electron chi connectivity index (χ3n) is 7.99. The molecule has 3 aromatic rings. The van der Waals surface area contributed by atoms with E-state index in [0.717, 1.165) is 16.7 Å². The third-order valence-corrected chi connectivity index (χ3v) is 7.99. The molecule has 44 heavy (non-hydrogen) atoms. The molecular weight excluding hydrogens is 554 g/mol. The molecule has 0 aliphatic carbocycles. The van der Waals surface area contributed by atoms with Gasteiger partial charge in [-0.25, -0.2) is 11.4 Å². The highest BCUT2D eigenvalue weighted by Crippen LogP contribution is 2.35. The first kappa shape index (κ1) is 32.5. The first-order valence-corrected chi connectivity index (χ1v) is 15.2. The Hall–Kier alpha value is -4.41. The maximum absolute atomic E-state index is 14.3. The molecule has 3 aromatic carbocycles. The van der Waals surface area contributed by atoms with Gasteiger partial charge in [0.05, 0.1) is 0 Å². The average Bonchev–Trinajstić information content (AvgIpc) is 3.02. The second kappa shape index (κ2) is 15.4. The second-order valence-corrected chi connectivity index (χ2v) is 11.5. The van der Waals surface area contributed by atoms with Crippen LogP contribution in [-0.4, -0.2) is 59.2 Å². The van der Waals surface area contributed by atoms with E-state index >= 15 is 0 Å². The summed E-state index contributed by atoms with van der Waals surface area (Å²) in [7, 11) is 0. The van der Waals surface area contributed by atoms with E-state index in [4.69, 9.17) is 16.3 Å². The minimum absolute atomic E-state index is 0.0165. The number of amidine groups is 1. The van der Waals surface area contributed by atoms with Crippen molar-refractivity contribution in [3.63, 3.8) is 0 Å². The summed E-state index contributed by atoms with van der Waals surface area (Å²) in [6.07, 6.45) is 0.551. The number of ether oxygens (including phenoxy) is 1. The molecule has 2 atom stereocenters. The molecule has 2 unspecified atom stereocenters. The number of nitrogens with one attached hydrogen (secondary N) is 2. The summed E-state index contributed by atoms with van der Waals surface area (Å²) < 4.78 is 6.08. The molecule has 1 aliphatic heterocycles. The van der Waals surface area contributed by atoms with Crippen molar-refractivity contribution in [3.8, 4) is 5.75 Å². The number of carbonyl (C=O) groups excluding carboxylic acids is 2. The standard InChI is InChI=1S/C34H45N7O3/c1-23(2)40(24(3)4)20-18-37-33(42)31-29-16-15-28(44-22-25-11-7-5-8-12-25)21-27(29)17-19-41(31)34(43)30(32(35)38-39-36)26-13-9-6-10-14-26/h5-16,21,23-24,30-31,39H,17-20,22,36H2,1-4H3,(H2,35,38)(H,37,42). The van der Waals surface area contributed by atoms with E-state index in [1.807, 2.05) is 78.9 Å². The summed E-state index contributed by atoms with van der Waals surface area (Å²) in [6, 6.07) is 24.7. The van der Waals surface area contributed by atoms with Crippen LogP contribution in [0.2, 0.25) is 0 Å². The van der Waals surface area contributed by atoms with Crippen LogP contribution in [0.4, 0.5) is 0 Å². The normalized spacial score (nSPS) is 15.7. The van der Waals surface area contributed by atoms with Crippen molar-refractivity contribution < 1.29 is 14.3 Å². The van der Waals surface area contributed by atoms with Crippen LogP contribution in [0.15, 0.2) is 84.0 Å². The van der Waals surface area contributed by atoms with Crippen molar-refractivity contribution >= 4 is 17.6 Å². The number of carbonyl (C=O) groups is 2. The summed E-state index contributed by atoms with van der Waals surface area (Å²) in [5, 5.41) is 7.06. The van der Waals surface area contributed by atoms with Gasteiger partial charge < -0.3 is 20.7 Å². The lowest BCUT2D eigenvalue weighted by Gasteiger charge is -2.38. The lowest BCUT2D eigenvalue weighted by molar-refractivity contribution is -0.141. The minimum atomic E-state index is -0.921. The Morgan fingerprint density at radius 2 is 1.66 bits per heavy atom. The number of benzene rings is 3. The van der Waals surface area contributed by atoms with E-state index < -0.39 is 12.0 Å². The third kappa shape index (κ3) is 7.94. The minimum Gasteiger partial charge on any atom is -0.489 e. The van der Waals surface area contributed by atoms with Crippen LogP contribution in [-0.2, 0) is 22.6 Å². The monoisotopic (exact) mass is 599 g/mol. The van der Waals surface area contributed by atoms with Crippen molar-refractivity contribution in [1.82, 2.24) is 20.7 Å². The van der Waals surface area contributed by atoms with Gasteiger partial charge in [0.2, 0.25) is 11.8 Å². The lowest BCUT2D eigenvalue weighted by Crippen LogP contribution is -2.51. The molecule has 4 rings (SSSR count). The number of rotatable bonds is 13. The largest absolute Gasteiger partial charge is 0.489 e. The molecule has 10 heteroatoms. The maximum atomic E-state index is 14.3. The van der Waals surface area contributed by atoms with E-state index in [1.54, 1.807) is 4.90 Å². The fraction of sp³-hybridized carbons (Fsp3) is 0.382. The number of amides is 2. The molecule has 0 fully saturated rings. The van der Waals surface area contributed by atoms with E-state index in [-0.39, 0.29) is 17.6 Å². The van der Waals surface area contributed by atoms with Gasteiger partial charge >= 0.3 is 0 Å². The van der Waals surface area contributed by atoms with Gasteiger partial charge in [0.25, 0.3) is 0 Å². The van der Waals surface area contributed by atoms with Crippen LogP contribution in [0.3, 0.4) is 0 Å². The number of fused-ring (bicyclic) bond motifs is 1. The highest BCUT2D eigenvalue weighted by Gasteiger charge is 2.40. The van der Waals surface area contributed by atoms with Gasteiger partial charge in [-0.1, -0.05) is 66.7 Å². The van der Waals surface area contributed by atoms with Crippen molar-refractivity contribution in [2.45, 2.75) is 64.8 Å². The Kier molecular flexibility index (Phi) is 11.3. The molecule has 0 bridgehead atoms. The van der Waals surface area contributed by atoms with Crippen molar-refractivity contribution in [2.75, 3.05) is 19.6 Å². The Labute approximate surface area is 260 Å². The van der Waals surface area contributed by atoms with E-state index in [0.29, 0.717) is 56.1 Å². The Bertz CT molecular complexity index is 1400. The summed E-state index contributed by atoms with van der Waals surface area (Å²) >= 11 is 0. The average molecular weight is 600 g/mol. The van der Waals surface area contributed by atoms with E-state index in [2.05, 4.69) is 48.5 Å². The fourth-order valence-corrected chi connectivity index (χ4v) is 5.86. The SMILES string of the molecule is CC(C)N(CCNC(=O)C1c2ccc(OCc3ccccc3)cc2CCN1C(=O)C(/C(N)=N/NN)c1ccccc1)C(C)C. The molecule has 0 radical (unpaired) electrons. The van der Waals surface area contributed by atoms with Gasteiger partial charge in [0.1, 0.15) is 30.2 Å². The number of hydrogen-bond donors (Lipinski definition) is 4. The highest BCUT2D eigenvalue weighted by atomic mass is 16.5. The molecule has 0 spiro atoms. The van der Waals surface area contributed by atoms with Gasteiger partial charge in [-0.15, -0.1) is 0 Å². The zero-order chi connectivity index (χ0) is 31.6. The summed E-state index contributed by atoms with van der Waals surface area (Å²) in [5.74, 6) is 4.67. The number of nitrogens with two attached hydrogens (primary N) is 2. The van der Waals surface area contributed by atoms with Crippen LogP contribution < -0.4 is 27.2 Å². The molecule has 1 aliphatic rings.